The normalized spacial score (nSPS) is 21.1. The van der Waals surface area contributed by atoms with Gasteiger partial charge in [0.25, 0.3) is 0 Å². The highest BCUT2D eigenvalue weighted by Crippen LogP contribution is 2.36. The zero-order valence-corrected chi connectivity index (χ0v) is 25.8. The third-order valence-corrected chi connectivity index (χ3v) is 8.75. The van der Waals surface area contributed by atoms with Crippen LogP contribution in [-0.4, -0.2) is 99.6 Å². The minimum absolute atomic E-state index is 0.0632. The predicted octanol–water partition coefficient (Wildman–Crippen LogP) is 3.04. The summed E-state index contributed by atoms with van der Waals surface area (Å²) < 4.78 is 25.7. The molecule has 2 fully saturated rings. The molecule has 2 N–H and O–H groups in total. The van der Waals surface area contributed by atoms with Crippen molar-refractivity contribution in [2.24, 2.45) is 10.4 Å². The van der Waals surface area contributed by atoms with Gasteiger partial charge in [-0.05, 0) is 64.0 Å². The maximum Gasteiger partial charge on any atom is 0.338 e. The van der Waals surface area contributed by atoms with E-state index < -0.39 is 23.4 Å². The monoisotopic (exact) mass is 612 g/mol. The number of esters is 1. The number of aromatic nitrogens is 1. The maximum absolute atomic E-state index is 14.8. The second kappa shape index (κ2) is 12.0. The highest BCUT2D eigenvalue weighted by Gasteiger charge is 2.42. The summed E-state index contributed by atoms with van der Waals surface area (Å²) in [6, 6.07) is 4.00. The molecule has 0 aliphatic carbocycles. The lowest BCUT2D eigenvalue weighted by Crippen LogP contribution is -2.53. The Bertz CT molecular complexity index is 1500. The third kappa shape index (κ3) is 6.00. The van der Waals surface area contributed by atoms with Gasteiger partial charge in [0.1, 0.15) is 23.3 Å². The number of carbonyl (C=O) groups excluding carboxylic acids is 1. The molecule has 3 aliphatic heterocycles. The standard InChI is InChI=1S/C30H37FN6O5S/c1-6-41-27(38)23-22(14-35-10-11-37-19(12-35)13-36(29(37)43)15-30(4,5)28(39)40)33-26(24-18(3)42-16-32-24)34-25(23)20-8-7-9-21(31)17(20)2/h7-9,16,19,25H,6,10-15H2,1-5H3,(H,33,34)(H,39,40)/t19-,25-/m0/s1. The Morgan fingerprint density at radius 1 is 1.26 bits per heavy atom. The Balaban J connectivity index is 1.47. The largest absolute Gasteiger partial charge is 0.481 e. The van der Waals surface area contributed by atoms with Gasteiger partial charge in [0, 0.05) is 45.0 Å². The molecule has 43 heavy (non-hydrogen) atoms. The van der Waals surface area contributed by atoms with E-state index in [0.717, 1.165) is 0 Å². The van der Waals surface area contributed by atoms with Crippen molar-refractivity contribution in [2.75, 3.05) is 45.9 Å². The summed E-state index contributed by atoms with van der Waals surface area (Å²) in [4.78, 5) is 40.8. The van der Waals surface area contributed by atoms with E-state index in [1.54, 1.807) is 46.8 Å². The number of piperazine rings is 1. The Morgan fingerprint density at radius 2 is 2.02 bits per heavy atom. The summed E-state index contributed by atoms with van der Waals surface area (Å²) in [5, 5.41) is 13.6. The van der Waals surface area contributed by atoms with Crippen LogP contribution in [-0.2, 0) is 14.3 Å². The van der Waals surface area contributed by atoms with E-state index in [4.69, 9.17) is 26.4 Å². The molecule has 0 unspecified atom stereocenters. The minimum atomic E-state index is -0.942. The van der Waals surface area contributed by atoms with E-state index in [2.05, 4.69) is 20.1 Å². The van der Waals surface area contributed by atoms with E-state index >= 15 is 0 Å². The van der Waals surface area contributed by atoms with Crippen LogP contribution < -0.4 is 5.32 Å². The number of ether oxygens (including phenoxy) is 1. The molecule has 11 nitrogen and oxygen atoms in total. The number of hydrogen-bond donors (Lipinski definition) is 2. The first-order valence-corrected chi connectivity index (χ1v) is 14.7. The van der Waals surface area contributed by atoms with Crippen LogP contribution in [0.1, 0.15) is 49.4 Å². The molecular weight excluding hydrogens is 575 g/mol. The second-order valence-corrected chi connectivity index (χ2v) is 12.1. The van der Waals surface area contributed by atoms with E-state index in [1.807, 2.05) is 4.90 Å². The smallest absolute Gasteiger partial charge is 0.338 e. The van der Waals surface area contributed by atoms with Crippen LogP contribution in [0.2, 0.25) is 0 Å². The summed E-state index contributed by atoms with van der Waals surface area (Å²) in [6.45, 7) is 12.0. The van der Waals surface area contributed by atoms with E-state index in [-0.39, 0.29) is 18.5 Å². The average Bonchev–Trinajstić information content (AvgIpc) is 3.51. The van der Waals surface area contributed by atoms with Crippen molar-refractivity contribution >= 4 is 35.1 Å². The lowest BCUT2D eigenvalue weighted by molar-refractivity contribution is -0.147. The Labute approximate surface area is 255 Å². The van der Waals surface area contributed by atoms with Crippen LogP contribution >= 0.6 is 12.2 Å². The van der Waals surface area contributed by atoms with Crippen molar-refractivity contribution in [3.05, 3.63) is 64.3 Å². The Kier molecular flexibility index (Phi) is 8.57. The Morgan fingerprint density at radius 3 is 2.70 bits per heavy atom. The fourth-order valence-electron chi connectivity index (χ4n) is 5.85. The van der Waals surface area contributed by atoms with Gasteiger partial charge < -0.3 is 29.4 Å². The fraction of sp³-hybridized carbons (Fsp3) is 0.500. The number of hydrogen-bond acceptors (Lipinski definition) is 9. The molecule has 1 aromatic carbocycles. The lowest BCUT2D eigenvalue weighted by Gasteiger charge is -2.39. The van der Waals surface area contributed by atoms with Gasteiger partial charge in [0.2, 0.25) is 0 Å². The van der Waals surface area contributed by atoms with Crippen LogP contribution in [0, 0.1) is 25.1 Å². The average molecular weight is 613 g/mol. The van der Waals surface area contributed by atoms with Gasteiger partial charge in [0.15, 0.2) is 17.3 Å². The van der Waals surface area contributed by atoms with Crippen LogP contribution in [0.25, 0.3) is 0 Å². The lowest BCUT2D eigenvalue weighted by atomic mass is 9.91. The fourth-order valence-corrected chi connectivity index (χ4v) is 6.23. The minimum Gasteiger partial charge on any atom is -0.481 e. The number of halogens is 1. The molecule has 0 saturated carbocycles. The van der Waals surface area contributed by atoms with Crippen molar-refractivity contribution in [3.63, 3.8) is 0 Å². The molecule has 3 aliphatic rings. The number of aryl methyl sites for hydroxylation is 1. The van der Waals surface area contributed by atoms with Gasteiger partial charge in [-0.15, -0.1) is 0 Å². The third-order valence-electron chi connectivity index (χ3n) is 8.26. The molecule has 0 radical (unpaired) electrons. The maximum atomic E-state index is 14.8. The molecule has 230 valence electrons. The molecule has 0 bridgehead atoms. The number of benzene rings is 1. The highest BCUT2D eigenvalue weighted by molar-refractivity contribution is 7.80. The SMILES string of the molecule is CCOC(=O)C1=C(CN2CCN3C(=S)N(CC(C)(C)C(=O)O)C[C@@H]3C2)NC(c2ncoc2C)=N[C@H]1c1cccc(F)c1C. The van der Waals surface area contributed by atoms with Crippen molar-refractivity contribution in [1.29, 1.82) is 0 Å². The summed E-state index contributed by atoms with van der Waals surface area (Å²) in [5.74, 6) is -0.810. The number of oxazole rings is 1. The number of carboxylic acids is 1. The van der Waals surface area contributed by atoms with Crippen molar-refractivity contribution in [2.45, 2.75) is 46.7 Å². The number of aliphatic carboxylic acids is 1. The topological polar surface area (TPSA) is 124 Å². The second-order valence-electron chi connectivity index (χ2n) is 11.8. The van der Waals surface area contributed by atoms with Crippen LogP contribution in [0.5, 0.6) is 0 Å². The van der Waals surface area contributed by atoms with Crippen LogP contribution in [0.15, 0.2) is 45.3 Å². The summed E-state index contributed by atoms with van der Waals surface area (Å²) >= 11 is 5.74. The first-order valence-electron chi connectivity index (χ1n) is 14.3. The first kappa shape index (κ1) is 30.6. The highest BCUT2D eigenvalue weighted by atomic mass is 32.1. The molecule has 2 atom stereocenters. The van der Waals surface area contributed by atoms with Gasteiger partial charge in [0.05, 0.1) is 23.6 Å². The summed E-state index contributed by atoms with van der Waals surface area (Å²) in [5.41, 5.74) is 1.42. The molecule has 5 rings (SSSR count). The summed E-state index contributed by atoms with van der Waals surface area (Å²) in [7, 11) is 0. The molecule has 1 aromatic heterocycles. The quantitative estimate of drug-likeness (QED) is 0.321. The van der Waals surface area contributed by atoms with Crippen molar-refractivity contribution < 1.29 is 28.2 Å². The first-order chi connectivity index (χ1) is 20.4. The number of carboxylic acid groups (broad SMARTS) is 1. The molecule has 0 spiro atoms. The van der Waals surface area contributed by atoms with Crippen LogP contribution in [0.4, 0.5) is 4.39 Å². The van der Waals surface area contributed by atoms with Crippen molar-refractivity contribution in [1.82, 2.24) is 25.0 Å². The van der Waals surface area contributed by atoms with Crippen molar-refractivity contribution in [3.8, 4) is 0 Å². The number of aliphatic imine (C=N–C) groups is 1. The molecule has 2 aromatic rings. The van der Waals surface area contributed by atoms with Gasteiger partial charge in [-0.25, -0.2) is 14.2 Å². The van der Waals surface area contributed by atoms with Crippen LogP contribution in [0.3, 0.4) is 0 Å². The van der Waals surface area contributed by atoms with E-state index in [1.165, 1.54) is 12.5 Å². The van der Waals surface area contributed by atoms with Gasteiger partial charge in [-0.1, -0.05) is 12.1 Å². The zero-order valence-electron chi connectivity index (χ0n) is 25.0. The number of nitrogens with zero attached hydrogens (tertiary/aromatic N) is 5. The van der Waals surface area contributed by atoms with E-state index in [0.29, 0.717) is 84.1 Å². The predicted molar refractivity (Wildman–Crippen MR) is 161 cm³/mol. The number of thiocarbonyl (C=S) groups is 1. The molecule has 2 saturated heterocycles. The number of carbonyl (C=O) groups is 2. The number of nitrogens with one attached hydrogen (secondary N) is 1. The van der Waals surface area contributed by atoms with Gasteiger partial charge in [-0.3, -0.25) is 14.7 Å². The summed E-state index contributed by atoms with van der Waals surface area (Å²) in [6.07, 6.45) is 1.33. The zero-order chi connectivity index (χ0) is 31.1. The van der Waals surface area contributed by atoms with E-state index in [9.17, 15) is 19.1 Å². The van der Waals surface area contributed by atoms with Gasteiger partial charge in [-0.2, -0.15) is 0 Å². The molecule has 13 heteroatoms. The molecule has 0 amide bonds. The molecule has 4 heterocycles. The van der Waals surface area contributed by atoms with Gasteiger partial charge >= 0.3 is 11.9 Å². The molecular formula is C30H37FN6O5S. The Hall–Kier alpha value is -3.84. The number of amidine groups is 1. The number of fused-ring (bicyclic) bond motifs is 1. The number of rotatable bonds is 9.